The van der Waals surface area contributed by atoms with Gasteiger partial charge >= 0.3 is 5.97 Å². The summed E-state index contributed by atoms with van der Waals surface area (Å²) in [4.78, 5) is 30.3. The highest BCUT2D eigenvalue weighted by atomic mass is 79.9. The number of amides is 1. The lowest BCUT2D eigenvalue weighted by Gasteiger charge is -2.06. The van der Waals surface area contributed by atoms with Crippen LogP contribution in [0.3, 0.4) is 0 Å². The zero-order chi connectivity index (χ0) is 13.8. The van der Waals surface area contributed by atoms with Gasteiger partial charge in [0, 0.05) is 18.1 Å². The van der Waals surface area contributed by atoms with Gasteiger partial charge in [-0.25, -0.2) is 14.8 Å². The smallest absolute Gasteiger partial charge is 0.354 e. The maximum absolute atomic E-state index is 12.0. The van der Waals surface area contributed by atoms with E-state index in [9.17, 15) is 9.59 Å². The van der Waals surface area contributed by atoms with Crippen LogP contribution >= 0.6 is 15.9 Å². The Morgan fingerprint density at radius 2 is 2.00 bits per heavy atom. The van der Waals surface area contributed by atoms with E-state index in [-0.39, 0.29) is 11.6 Å². The van der Waals surface area contributed by atoms with Crippen molar-refractivity contribution in [3.05, 3.63) is 52.5 Å². The molecule has 2 aromatic rings. The number of anilines is 1. The van der Waals surface area contributed by atoms with E-state index < -0.39 is 5.97 Å². The molecule has 2 N–H and O–H groups in total. The second-order valence-electron chi connectivity index (χ2n) is 3.53. The second-order valence-corrected chi connectivity index (χ2v) is 4.28. The zero-order valence-electron chi connectivity index (χ0n) is 9.50. The number of carbonyl (C=O) groups is 2. The third-order valence-electron chi connectivity index (χ3n) is 2.24. The first-order valence-corrected chi connectivity index (χ1v) is 5.98. The van der Waals surface area contributed by atoms with E-state index in [0.717, 1.165) is 0 Å². The molecular weight excluding hydrogens is 314 g/mol. The molecule has 0 spiro atoms. The van der Waals surface area contributed by atoms with E-state index in [2.05, 4.69) is 31.2 Å². The highest BCUT2D eigenvalue weighted by molar-refractivity contribution is 9.10. The first kappa shape index (κ1) is 13.2. The summed E-state index contributed by atoms with van der Waals surface area (Å²) in [5, 5.41) is 11.4. The number of carbonyl (C=O) groups excluding carboxylic acids is 1. The molecule has 2 heterocycles. The molecule has 96 valence electrons. The van der Waals surface area contributed by atoms with Crippen LogP contribution in [0.25, 0.3) is 0 Å². The van der Waals surface area contributed by atoms with Gasteiger partial charge in [0.15, 0.2) is 0 Å². The standard InChI is InChI=1S/C12H8BrN3O3/c13-10-8(2-1-4-15-10)11(17)16-7-3-5-14-9(6-7)12(18)19/h1-6H,(H,18,19)(H,14,16,17). The van der Waals surface area contributed by atoms with Crippen LogP contribution in [0.15, 0.2) is 41.3 Å². The van der Waals surface area contributed by atoms with Crippen LogP contribution in [0.2, 0.25) is 0 Å². The maximum Gasteiger partial charge on any atom is 0.354 e. The lowest BCUT2D eigenvalue weighted by atomic mass is 10.2. The Morgan fingerprint density at radius 1 is 1.21 bits per heavy atom. The van der Waals surface area contributed by atoms with Crippen molar-refractivity contribution in [2.75, 3.05) is 5.32 Å². The summed E-state index contributed by atoms with van der Waals surface area (Å²) in [7, 11) is 0. The largest absolute Gasteiger partial charge is 0.477 e. The molecule has 2 rings (SSSR count). The Labute approximate surface area is 116 Å². The van der Waals surface area contributed by atoms with Gasteiger partial charge in [-0.15, -0.1) is 0 Å². The Kier molecular flexibility index (Phi) is 3.86. The lowest BCUT2D eigenvalue weighted by molar-refractivity contribution is 0.0690. The number of nitrogens with one attached hydrogen (secondary N) is 1. The van der Waals surface area contributed by atoms with Crippen molar-refractivity contribution < 1.29 is 14.7 Å². The molecule has 0 atom stereocenters. The average molecular weight is 322 g/mol. The predicted molar refractivity (Wildman–Crippen MR) is 71.1 cm³/mol. The minimum absolute atomic E-state index is 0.136. The third-order valence-corrected chi connectivity index (χ3v) is 2.87. The van der Waals surface area contributed by atoms with Crippen molar-refractivity contribution in [3.63, 3.8) is 0 Å². The quantitative estimate of drug-likeness (QED) is 0.845. The number of halogens is 1. The molecule has 0 aliphatic rings. The topological polar surface area (TPSA) is 92.2 Å². The highest BCUT2D eigenvalue weighted by Crippen LogP contribution is 2.15. The molecule has 7 heteroatoms. The Hall–Kier alpha value is -2.28. The van der Waals surface area contributed by atoms with Crippen LogP contribution in [0.1, 0.15) is 20.8 Å². The van der Waals surface area contributed by atoms with Gasteiger partial charge in [-0.2, -0.15) is 0 Å². The van der Waals surface area contributed by atoms with Gasteiger partial charge in [0.25, 0.3) is 5.91 Å². The summed E-state index contributed by atoms with van der Waals surface area (Å²) < 4.78 is 0.417. The van der Waals surface area contributed by atoms with Crippen molar-refractivity contribution in [1.29, 1.82) is 0 Å². The van der Waals surface area contributed by atoms with Crippen molar-refractivity contribution in [3.8, 4) is 0 Å². The van der Waals surface area contributed by atoms with Crippen LogP contribution in [0, 0.1) is 0 Å². The number of carboxylic acid groups (broad SMARTS) is 1. The first-order chi connectivity index (χ1) is 9.08. The molecule has 1 amide bonds. The van der Waals surface area contributed by atoms with Gasteiger partial charge in [0.1, 0.15) is 10.3 Å². The molecule has 0 radical (unpaired) electrons. The molecule has 0 saturated heterocycles. The third kappa shape index (κ3) is 3.14. The molecule has 2 aromatic heterocycles. The lowest BCUT2D eigenvalue weighted by Crippen LogP contribution is -2.13. The SMILES string of the molecule is O=C(O)c1cc(NC(=O)c2cccnc2Br)ccn1. The fraction of sp³-hybridized carbons (Fsp3) is 0. The van der Waals surface area contributed by atoms with E-state index in [0.29, 0.717) is 15.9 Å². The molecule has 0 fully saturated rings. The van der Waals surface area contributed by atoms with E-state index in [1.54, 1.807) is 18.3 Å². The van der Waals surface area contributed by atoms with Crippen LogP contribution in [-0.2, 0) is 0 Å². The summed E-state index contributed by atoms with van der Waals surface area (Å²) in [5.74, 6) is -1.54. The molecule has 0 unspecified atom stereocenters. The molecule has 0 bridgehead atoms. The van der Waals surface area contributed by atoms with Crippen LogP contribution in [0.4, 0.5) is 5.69 Å². The summed E-state index contributed by atoms with van der Waals surface area (Å²) in [6.07, 6.45) is 2.87. The number of pyridine rings is 2. The van der Waals surface area contributed by atoms with Crippen LogP contribution in [-0.4, -0.2) is 27.0 Å². The Bertz CT molecular complexity index is 646. The molecular formula is C12H8BrN3O3. The summed E-state index contributed by atoms with van der Waals surface area (Å²) in [6.45, 7) is 0. The van der Waals surface area contributed by atoms with Gasteiger partial charge in [0.2, 0.25) is 0 Å². The van der Waals surface area contributed by atoms with E-state index >= 15 is 0 Å². The summed E-state index contributed by atoms with van der Waals surface area (Å²) >= 11 is 3.17. The van der Waals surface area contributed by atoms with Crippen LogP contribution < -0.4 is 5.32 Å². The number of hydrogen-bond acceptors (Lipinski definition) is 4. The average Bonchev–Trinajstić information content (AvgIpc) is 2.39. The van der Waals surface area contributed by atoms with Crippen molar-refractivity contribution >= 4 is 33.5 Å². The molecule has 6 nitrogen and oxygen atoms in total. The number of hydrogen-bond donors (Lipinski definition) is 2. The molecule has 0 aliphatic carbocycles. The number of carboxylic acids is 1. The fourth-order valence-electron chi connectivity index (χ4n) is 1.38. The van der Waals surface area contributed by atoms with Gasteiger partial charge in [0.05, 0.1) is 5.56 Å². The van der Waals surface area contributed by atoms with Crippen LogP contribution in [0.5, 0.6) is 0 Å². The second kappa shape index (κ2) is 5.57. The van der Waals surface area contributed by atoms with Gasteiger partial charge < -0.3 is 10.4 Å². The number of aromatic carboxylic acids is 1. The van der Waals surface area contributed by atoms with Crippen molar-refractivity contribution in [2.24, 2.45) is 0 Å². The summed E-state index contributed by atoms with van der Waals surface area (Å²) in [6, 6.07) is 6.03. The first-order valence-electron chi connectivity index (χ1n) is 5.19. The molecule has 0 saturated carbocycles. The van der Waals surface area contributed by atoms with Gasteiger partial charge in [-0.1, -0.05) is 0 Å². The minimum Gasteiger partial charge on any atom is -0.477 e. The number of aromatic nitrogens is 2. The van der Waals surface area contributed by atoms with Crippen molar-refractivity contribution in [1.82, 2.24) is 9.97 Å². The zero-order valence-corrected chi connectivity index (χ0v) is 11.1. The minimum atomic E-state index is -1.15. The maximum atomic E-state index is 12.0. The summed E-state index contributed by atoms with van der Waals surface area (Å²) in [5.41, 5.74) is 0.576. The Morgan fingerprint density at radius 3 is 2.68 bits per heavy atom. The van der Waals surface area contributed by atoms with E-state index in [4.69, 9.17) is 5.11 Å². The highest BCUT2D eigenvalue weighted by Gasteiger charge is 2.12. The molecule has 19 heavy (non-hydrogen) atoms. The Balaban J connectivity index is 2.22. The fourth-order valence-corrected chi connectivity index (χ4v) is 1.81. The number of nitrogens with zero attached hydrogens (tertiary/aromatic N) is 2. The van der Waals surface area contributed by atoms with Gasteiger partial charge in [-0.3, -0.25) is 4.79 Å². The van der Waals surface area contributed by atoms with E-state index in [1.165, 1.54) is 18.3 Å². The monoisotopic (exact) mass is 321 g/mol. The van der Waals surface area contributed by atoms with Gasteiger partial charge in [-0.05, 0) is 40.2 Å². The number of rotatable bonds is 3. The van der Waals surface area contributed by atoms with Crippen molar-refractivity contribution in [2.45, 2.75) is 0 Å². The molecule has 0 aliphatic heterocycles. The predicted octanol–water partition coefficient (Wildman–Crippen LogP) is 2.19. The van der Waals surface area contributed by atoms with E-state index in [1.807, 2.05) is 0 Å². The molecule has 0 aromatic carbocycles. The normalized spacial score (nSPS) is 9.95.